The van der Waals surface area contributed by atoms with Crippen molar-refractivity contribution in [3.8, 4) is 0 Å². The van der Waals surface area contributed by atoms with Gasteiger partial charge in [-0.2, -0.15) is 0 Å². The monoisotopic (exact) mass is 590 g/mol. The molecule has 1 amide bonds. The topological polar surface area (TPSA) is 69.6 Å². The summed E-state index contributed by atoms with van der Waals surface area (Å²) in [5.41, 5.74) is 0. The van der Waals surface area contributed by atoms with E-state index in [9.17, 15) is 15.0 Å². The van der Waals surface area contributed by atoms with E-state index >= 15 is 0 Å². The standard InChI is InChI=1S/C38H71NO3/c1-3-5-7-9-11-13-15-17-18-19-20-21-22-24-26-28-30-32-34-38(42)39-36(35-40)37(41)33-31-29-27-25-23-16-14-12-10-8-6-4-2/h13,15,18-19,31,33,36-37,40-41H,3-12,14,16-17,20-30,32,34-35H2,1-2H3,(H,39,42)/b15-13-,19-18-,33-31+. The Morgan fingerprint density at radius 3 is 1.45 bits per heavy atom. The SMILES string of the molecule is CCCCCC/C=C\C/C=C\CCCCCCCCCC(=O)NC(CO)C(O)/C=C/CCCCCCCCCCCC. The lowest BCUT2D eigenvalue weighted by molar-refractivity contribution is -0.123. The number of aliphatic hydroxyl groups is 2. The number of allylic oxidation sites excluding steroid dienone is 5. The fraction of sp³-hybridized carbons (Fsp3) is 0.816. The second-order valence-electron chi connectivity index (χ2n) is 12.3. The zero-order valence-corrected chi connectivity index (χ0v) is 28.0. The highest BCUT2D eigenvalue weighted by Crippen LogP contribution is 2.13. The molecule has 4 nitrogen and oxygen atoms in total. The van der Waals surface area contributed by atoms with Crippen molar-refractivity contribution in [1.82, 2.24) is 5.32 Å². The van der Waals surface area contributed by atoms with Crippen LogP contribution in [0.15, 0.2) is 36.5 Å². The molecule has 0 saturated heterocycles. The Labute approximate surface area is 261 Å². The molecule has 42 heavy (non-hydrogen) atoms. The van der Waals surface area contributed by atoms with Gasteiger partial charge in [0.2, 0.25) is 5.91 Å². The van der Waals surface area contributed by atoms with Crippen LogP contribution in [0.3, 0.4) is 0 Å². The van der Waals surface area contributed by atoms with Crippen LogP contribution in [0.2, 0.25) is 0 Å². The summed E-state index contributed by atoms with van der Waals surface area (Å²) in [6.07, 6.45) is 43.6. The van der Waals surface area contributed by atoms with Crippen LogP contribution in [0, 0.1) is 0 Å². The van der Waals surface area contributed by atoms with Crippen LogP contribution >= 0.6 is 0 Å². The van der Waals surface area contributed by atoms with E-state index < -0.39 is 12.1 Å². The van der Waals surface area contributed by atoms with Crippen molar-refractivity contribution in [1.29, 1.82) is 0 Å². The summed E-state index contributed by atoms with van der Waals surface area (Å²) in [5.74, 6) is -0.0747. The summed E-state index contributed by atoms with van der Waals surface area (Å²) >= 11 is 0. The molecule has 0 radical (unpaired) electrons. The summed E-state index contributed by atoms with van der Waals surface area (Å²) in [4.78, 5) is 12.3. The molecule has 0 aliphatic heterocycles. The number of carbonyl (C=O) groups excluding carboxylic acids is 1. The number of unbranched alkanes of at least 4 members (excludes halogenated alkanes) is 21. The number of amides is 1. The summed E-state index contributed by atoms with van der Waals surface area (Å²) < 4.78 is 0. The lowest BCUT2D eigenvalue weighted by atomic mass is 10.1. The van der Waals surface area contributed by atoms with E-state index in [1.807, 2.05) is 6.08 Å². The highest BCUT2D eigenvalue weighted by atomic mass is 16.3. The number of rotatable bonds is 32. The van der Waals surface area contributed by atoms with Crippen molar-refractivity contribution in [2.45, 2.75) is 193 Å². The summed E-state index contributed by atoms with van der Waals surface area (Å²) in [7, 11) is 0. The predicted molar refractivity (Wildman–Crippen MR) is 184 cm³/mol. The Bertz CT molecular complexity index is 642. The van der Waals surface area contributed by atoms with Gasteiger partial charge in [0.25, 0.3) is 0 Å². The third kappa shape index (κ3) is 30.1. The number of nitrogens with one attached hydrogen (secondary N) is 1. The molecule has 0 fully saturated rings. The van der Waals surface area contributed by atoms with Gasteiger partial charge in [0, 0.05) is 6.42 Å². The van der Waals surface area contributed by atoms with Crippen molar-refractivity contribution >= 4 is 5.91 Å². The van der Waals surface area contributed by atoms with Crippen molar-refractivity contribution < 1.29 is 15.0 Å². The third-order valence-electron chi connectivity index (χ3n) is 8.12. The normalized spacial score (nSPS) is 13.5. The van der Waals surface area contributed by atoms with Gasteiger partial charge in [-0.25, -0.2) is 0 Å². The third-order valence-corrected chi connectivity index (χ3v) is 8.12. The lowest BCUT2D eigenvalue weighted by Crippen LogP contribution is -2.45. The van der Waals surface area contributed by atoms with E-state index in [1.165, 1.54) is 128 Å². The minimum absolute atomic E-state index is 0.0747. The van der Waals surface area contributed by atoms with Crippen molar-refractivity contribution in [3.63, 3.8) is 0 Å². The van der Waals surface area contributed by atoms with Crippen LogP contribution in [-0.2, 0) is 4.79 Å². The molecule has 0 bridgehead atoms. The highest BCUT2D eigenvalue weighted by molar-refractivity contribution is 5.76. The fourth-order valence-corrected chi connectivity index (χ4v) is 5.26. The smallest absolute Gasteiger partial charge is 0.220 e. The summed E-state index contributed by atoms with van der Waals surface area (Å²) in [5, 5.41) is 22.8. The Morgan fingerprint density at radius 2 is 0.976 bits per heavy atom. The molecule has 0 rings (SSSR count). The Kier molecular flexibility index (Phi) is 33.0. The van der Waals surface area contributed by atoms with Crippen LogP contribution in [0.1, 0.15) is 181 Å². The van der Waals surface area contributed by atoms with Crippen LogP contribution < -0.4 is 5.32 Å². The molecule has 0 aromatic rings. The first-order valence-electron chi connectivity index (χ1n) is 18.2. The van der Waals surface area contributed by atoms with Crippen LogP contribution in [0.25, 0.3) is 0 Å². The maximum absolute atomic E-state index is 12.3. The lowest BCUT2D eigenvalue weighted by Gasteiger charge is -2.20. The maximum atomic E-state index is 12.3. The van der Waals surface area contributed by atoms with Crippen molar-refractivity contribution in [2.75, 3.05) is 6.61 Å². The molecule has 0 saturated carbocycles. The van der Waals surface area contributed by atoms with E-state index in [0.717, 1.165) is 32.1 Å². The van der Waals surface area contributed by atoms with Crippen LogP contribution in [0.5, 0.6) is 0 Å². The molecule has 0 aromatic carbocycles. The number of carbonyl (C=O) groups is 1. The quantitative estimate of drug-likeness (QED) is 0.0540. The molecular weight excluding hydrogens is 518 g/mol. The molecule has 0 aliphatic carbocycles. The first kappa shape index (κ1) is 40.6. The van der Waals surface area contributed by atoms with Crippen molar-refractivity contribution in [2.24, 2.45) is 0 Å². The summed E-state index contributed by atoms with van der Waals surface area (Å²) in [6, 6.07) is -0.623. The van der Waals surface area contributed by atoms with E-state index in [0.29, 0.717) is 6.42 Å². The molecule has 2 unspecified atom stereocenters. The van der Waals surface area contributed by atoms with Gasteiger partial charge in [-0.15, -0.1) is 0 Å². The second kappa shape index (κ2) is 34.1. The molecule has 0 aromatic heterocycles. The van der Waals surface area contributed by atoms with E-state index in [1.54, 1.807) is 6.08 Å². The van der Waals surface area contributed by atoms with Crippen molar-refractivity contribution in [3.05, 3.63) is 36.5 Å². The van der Waals surface area contributed by atoms with Gasteiger partial charge in [-0.3, -0.25) is 4.79 Å². The van der Waals surface area contributed by atoms with Gasteiger partial charge >= 0.3 is 0 Å². The van der Waals surface area contributed by atoms with Gasteiger partial charge in [-0.05, 0) is 51.4 Å². The Morgan fingerprint density at radius 1 is 0.571 bits per heavy atom. The molecule has 2 atom stereocenters. The Hall–Kier alpha value is -1.39. The maximum Gasteiger partial charge on any atom is 0.220 e. The first-order valence-corrected chi connectivity index (χ1v) is 18.2. The van der Waals surface area contributed by atoms with Gasteiger partial charge < -0.3 is 15.5 Å². The predicted octanol–water partition coefficient (Wildman–Crippen LogP) is 10.7. The van der Waals surface area contributed by atoms with Gasteiger partial charge in [0.05, 0.1) is 18.8 Å². The van der Waals surface area contributed by atoms with Gasteiger partial charge in [-0.1, -0.05) is 159 Å². The molecule has 246 valence electrons. The largest absolute Gasteiger partial charge is 0.394 e. The van der Waals surface area contributed by atoms with E-state index in [-0.39, 0.29) is 12.5 Å². The zero-order chi connectivity index (χ0) is 30.8. The minimum Gasteiger partial charge on any atom is -0.394 e. The number of hydrogen-bond acceptors (Lipinski definition) is 3. The molecule has 4 heteroatoms. The van der Waals surface area contributed by atoms with Crippen LogP contribution in [0.4, 0.5) is 0 Å². The van der Waals surface area contributed by atoms with Crippen LogP contribution in [-0.4, -0.2) is 34.9 Å². The molecule has 0 aliphatic rings. The van der Waals surface area contributed by atoms with Gasteiger partial charge in [0.15, 0.2) is 0 Å². The summed E-state index contributed by atoms with van der Waals surface area (Å²) in [6.45, 7) is 4.27. The molecular formula is C38H71NO3. The fourth-order valence-electron chi connectivity index (χ4n) is 5.26. The van der Waals surface area contributed by atoms with E-state index in [4.69, 9.17) is 0 Å². The zero-order valence-electron chi connectivity index (χ0n) is 28.0. The number of aliphatic hydroxyl groups excluding tert-OH is 2. The molecule has 0 heterocycles. The van der Waals surface area contributed by atoms with Gasteiger partial charge in [0.1, 0.15) is 0 Å². The average molecular weight is 590 g/mol. The second-order valence-corrected chi connectivity index (χ2v) is 12.3. The molecule has 0 spiro atoms. The highest BCUT2D eigenvalue weighted by Gasteiger charge is 2.17. The first-order chi connectivity index (χ1) is 20.7. The van der Waals surface area contributed by atoms with E-state index in [2.05, 4.69) is 43.5 Å². The number of hydrogen-bond donors (Lipinski definition) is 3. The average Bonchev–Trinajstić information content (AvgIpc) is 2.99. The minimum atomic E-state index is -0.839. The molecule has 3 N–H and O–H groups in total. The Balaban J connectivity index is 3.64.